The maximum absolute atomic E-state index is 11.3. The summed E-state index contributed by atoms with van der Waals surface area (Å²) in [6, 6.07) is 0. The molecule has 0 aliphatic heterocycles. The van der Waals surface area contributed by atoms with Crippen molar-refractivity contribution in [3.05, 3.63) is 0 Å². The lowest BCUT2D eigenvalue weighted by molar-refractivity contribution is -0.147. The van der Waals surface area contributed by atoms with E-state index in [0.717, 1.165) is 13.1 Å². The third-order valence-corrected chi connectivity index (χ3v) is 2.04. The van der Waals surface area contributed by atoms with E-state index >= 15 is 0 Å². The van der Waals surface area contributed by atoms with Crippen molar-refractivity contribution in [3.63, 3.8) is 0 Å². The van der Waals surface area contributed by atoms with Crippen LogP contribution >= 0.6 is 0 Å². The molecule has 0 fully saturated rings. The fourth-order valence-corrected chi connectivity index (χ4v) is 1.14. The Kier molecular flexibility index (Phi) is 5.24. The van der Waals surface area contributed by atoms with Gasteiger partial charge >= 0.3 is 5.97 Å². The summed E-state index contributed by atoms with van der Waals surface area (Å²) in [5.41, 5.74) is -0.509. The van der Waals surface area contributed by atoms with Gasteiger partial charge in [-0.1, -0.05) is 0 Å². The fourth-order valence-electron chi connectivity index (χ4n) is 1.14. The molecule has 90 valence electrons. The highest BCUT2D eigenvalue weighted by Gasteiger charge is 2.27. The zero-order valence-electron chi connectivity index (χ0n) is 10.7. The molecule has 0 saturated carbocycles. The van der Waals surface area contributed by atoms with Crippen molar-refractivity contribution in [2.45, 2.75) is 45.7 Å². The molecule has 0 spiro atoms. The largest absolute Gasteiger partial charge is 0.468 e. The molecule has 0 atom stereocenters. The summed E-state index contributed by atoms with van der Waals surface area (Å²) in [6.07, 6.45) is 0. The minimum atomic E-state index is -0.617. The molecular weight excluding hydrogens is 192 g/mol. The van der Waals surface area contributed by atoms with Gasteiger partial charge in [-0.15, -0.1) is 0 Å². The highest BCUT2D eigenvalue weighted by Crippen LogP contribution is 2.03. The van der Waals surface area contributed by atoms with Crippen molar-refractivity contribution in [2.24, 2.45) is 0 Å². The van der Waals surface area contributed by atoms with E-state index in [-0.39, 0.29) is 11.5 Å². The lowest BCUT2D eigenvalue weighted by Gasteiger charge is -2.25. The molecule has 0 rings (SSSR count). The van der Waals surface area contributed by atoms with Crippen LogP contribution in [0.3, 0.4) is 0 Å². The third-order valence-electron chi connectivity index (χ3n) is 2.04. The molecule has 0 unspecified atom stereocenters. The summed E-state index contributed by atoms with van der Waals surface area (Å²) in [6.45, 7) is 11.5. The van der Waals surface area contributed by atoms with Crippen LogP contribution in [0.2, 0.25) is 0 Å². The number of ether oxygens (including phenoxy) is 1. The van der Waals surface area contributed by atoms with Gasteiger partial charge in [-0.25, -0.2) is 0 Å². The van der Waals surface area contributed by atoms with Gasteiger partial charge in [0.2, 0.25) is 0 Å². The van der Waals surface area contributed by atoms with E-state index in [4.69, 9.17) is 4.74 Å². The third kappa shape index (κ3) is 6.47. The molecule has 2 N–H and O–H groups in total. The molecule has 0 aromatic rings. The number of methoxy groups -OCH3 is 1. The molecule has 15 heavy (non-hydrogen) atoms. The second-order valence-electron chi connectivity index (χ2n) is 5.22. The topological polar surface area (TPSA) is 50.4 Å². The van der Waals surface area contributed by atoms with Crippen LogP contribution in [0, 0.1) is 0 Å². The van der Waals surface area contributed by atoms with Crippen LogP contribution in [0.25, 0.3) is 0 Å². The first-order valence-electron chi connectivity index (χ1n) is 5.27. The summed E-state index contributed by atoms with van der Waals surface area (Å²) in [4.78, 5) is 11.3. The quantitative estimate of drug-likeness (QED) is 0.530. The number of esters is 1. The number of rotatable bonds is 5. The minimum Gasteiger partial charge on any atom is -0.468 e. The Hall–Kier alpha value is -0.610. The zero-order valence-corrected chi connectivity index (χ0v) is 10.7. The maximum atomic E-state index is 11.3. The van der Waals surface area contributed by atoms with Gasteiger partial charge in [-0.3, -0.25) is 4.79 Å². The van der Waals surface area contributed by atoms with Gasteiger partial charge in [-0.2, -0.15) is 0 Å². The monoisotopic (exact) mass is 216 g/mol. The van der Waals surface area contributed by atoms with Crippen LogP contribution in [-0.2, 0) is 9.53 Å². The summed E-state index contributed by atoms with van der Waals surface area (Å²) < 4.78 is 4.69. The van der Waals surface area contributed by atoms with Gasteiger partial charge in [0, 0.05) is 18.6 Å². The van der Waals surface area contributed by atoms with Crippen molar-refractivity contribution in [1.29, 1.82) is 0 Å². The number of hydrogen-bond donors (Lipinski definition) is 2. The Morgan fingerprint density at radius 1 is 1.07 bits per heavy atom. The predicted octanol–water partition coefficient (Wildman–Crippen LogP) is 0.916. The zero-order chi connectivity index (χ0) is 12.1. The van der Waals surface area contributed by atoms with E-state index in [9.17, 15) is 4.79 Å². The summed E-state index contributed by atoms with van der Waals surface area (Å²) in [7, 11) is 1.40. The molecule has 0 heterocycles. The lowest BCUT2D eigenvalue weighted by atomic mass is 10.1. The Balaban J connectivity index is 3.81. The molecule has 0 aliphatic rings. The molecule has 0 radical (unpaired) electrons. The fraction of sp³-hybridized carbons (Fsp3) is 0.909. The van der Waals surface area contributed by atoms with Gasteiger partial charge in [-0.05, 0) is 34.6 Å². The highest BCUT2D eigenvalue weighted by molar-refractivity contribution is 5.79. The van der Waals surface area contributed by atoms with Crippen molar-refractivity contribution >= 4 is 5.97 Å². The summed E-state index contributed by atoms with van der Waals surface area (Å²) >= 11 is 0. The van der Waals surface area contributed by atoms with E-state index < -0.39 is 5.54 Å². The predicted molar refractivity (Wildman–Crippen MR) is 61.9 cm³/mol. The van der Waals surface area contributed by atoms with Gasteiger partial charge in [0.25, 0.3) is 0 Å². The number of carbonyl (C=O) groups excluding carboxylic acids is 1. The van der Waals surface area contributed by atoms with E-state index in [1.165, 1.54) is 7.11 Å². The van der Waals surface area contributed by atoms with E-state index in [1.54, 1.807) is 0 Å². The normalized spacial score (nSPS) is 12.7. The van der Waals surface area contributed by atoms with Gasteiger partial charge in [0.05, 0.1) is 7.11 Å². The Morgan fingerprint density at radius 2 is 1.53 bits per heavy atom. The molecule has 0 bridgehead atoms. The molecular formula is C11H24N2O2. The molecule has 0 saturated heterocycles. The Labute approximate surface area is 92.8 Å². The molecule has 0 aromatic carbocycles. The number of carbonyl (C=O) groups is 1. The van der Waals surface area contributed by atoms with E-state index in [0.29, 0.717) is 0 Å². The maximum Gasteiger partial charge on any atom is 0.325 e. The van der Waals surface area contributed by atoms with Gasteiger partial charge in [0.15, 0.2) is 0 Å². The van der Waals surface area contributed by atoms with Gasteiger partial charge in [0.1, 0.15) is 5.54 Å². The van der Waals surface area contributed by atoms with Crippen LogP contribution in [0.5, 0.6) is 0 Å². The minimum absolute atomic E-state index is 0.108. The van der Waals surface area contributed by atoms with Crippen LogP contribution in [-0.4, -0.2) is 37.2 Å². The van der Waals surface area contributed by atoms with Crippen molar-refractivity contribution < 1.29 is 9.53 Å². The second-order valence-corrected chi connectivity index (χ2v) is 5.22. The smallest absolute Gasteiger partial charge is 0.325 e. The van der Waals surface area contributed by atoms with Crippen molar-refractivity contribution in [2.75, 3.05) is 20.2 Å². The van der Waals surface area contributed by atoms with Crippen LogP contribution in [0.4, 0.5) is 0 Å². The first-order valence-corrected chi connectivity index (χ1v) is 5.27. The standard InChI is InChI=1S/C11H24N2O2/c1-10(2,3)12-7-8-13-11(4,5)9(14)15-6/h12-13H,7-8H2,1-6H3. The molecule has 4 heteroatoms. The number of nitrogens with one attached hydrogen (secondary N) is 2. The highest BCUT2D eigenvalue weighted by atomic mass is 16.5. The van der Waals surface area contributed by atoms with Crippen LogP contribution in [0.1, 0.15) is 34.6 Å². The van der Waals surface area contributed by atoms with E-state index in [1.807, 2.05) is 13.8 Å². The van der Waals surface area contributed by atoms with Crippen molar-refractivity contribution in [1.82, 2.24) is 10.6 Å². The summed E-state index contributed by atoms with van der Waals surface area (Å²) in [5.74, 6) is -0.238. The van der Waals surface area contributed by atoms with Crippen molar-refractivity contribution in [3.8, 4) is 0 Å². The molecule has 4 nitrogen and oxygen atoms in total. The number of hydrogen-bond acceptors (Lipinski definition) is 4. The Morgan fingerprint density at radius 3 is 1.93 bits per heavy atom. The second kappa shape index (κ2) is 5.47. The average molecular weight is 216 g/mol. The van der Waals surface area contributed by atoms with E-state index in [2.05, 4.69) is 31.4 Å². The molecule has 0 amide bonds. The SMILES string of the molecule is COC(=O)C(C)(C)NCCNC(C)(C)C. The van der Waals surface area contributed by atoms with Crippen LogP contribution in [0.15, 0.2) is 0 Å². The first-order chi connectivity index (χ1) is 6.69. The average Bonchev–Trinajstić information content (AvgIpc) is 2.09. The lowest BCUT2D eigenvalue weighted by Crippen LogP contribution is -2.50. The van der Waals surface area contributed by atoms with Gasteiger partial charge < -0.3 is 15.4 Å². The molecule has 0 aromatic heterocycles. The Bertz CT molecular complexity index is 207. The van der Waals surface area contributed by atoms with Crippen LogP contribution < -0.4 is 10.6 Å². The summed E-state index contributed by atoms with van der Waals surface area (Å²) in [5, 5.41) is 6.48. The molecule has 0 aliphatic carbocycles. The first kappa shape index (κ1) is 14.4.